The van der Waals surface area contributed by atoms with Gasteiger partial charge in [-0.15, -0.1) is 0 Å². The SMILES string of the molecule is O=C(C1CC1)N1CCC(Cn2c(-c3ccc(-c4ccc5cc[nH]c5c4)cc3)nc3cc(F)ccc32)C1. The van der Waals surface area contributed by atoms with Crippen molar-refractivity contribution in [1.29, 1.82) is 0 Å². The lowest BCUT2D eigenvalue weighted by atomic mass is 10.0. The Kier molecular flexibility index (Phi) is 4.94. The van der Waals surface area contributed by atoms with Gasteiger partial charge in [-0.25, -0.2) is 9.37 Å². The number of carbonyl (C=O) groups excluding carboxylic acids is 1. The number of hydrogen-bond donors (Lipinski definition) is 1. The largest absolute Gasteiger partial charge is 0.361 e. The molecule has 0 bridgehead atoms. The van der Waals surface area contributed by atoms with Crippen molar-refractivity contribution in [3.05, 3.63) is 78.7 Å². The van der Waals surface area contributed by atoms with E-state index in [4.69, 9.17) is 4.98 Å². The van der Waals surface area contributed by atoms with Gasteiger partial charge in [0, 0.05) is 48.9 Å². The number of H-pyrrole nitrogens is 1. The van der Waals surface area contributed by atoms with Gasteiger partial charge < -0.3 is 14.5 Å². The molecule has 2 aromatic heterocycles. The van der Waals surface area contributed by atoms with Crippen LogP contribution in [0.2, 0.25) is 0 Å². The molecule has 1 unspecified atom stereocenters. The van der Waals surface area contributed by atoms with E-state index in [0.29, 0.717) is 17.3 Å². The topological polar surface area (TPSA) is 53.9 Å². The standard InChI is InChI=1S/C30H27FN4O/c31-25-9-10-28-27(16-25)33-29(35(28)18-19-12-14-34(17-19)30(36)23-6-7-23)22-4-1-20(2-5-22)24-8-3-21-11-13-32-26(21)15-24/h1-5,8-11,13,15-16,19,23,32H,6-7,12,14,17-18H2. The summed E-state index contributed by atoms with van der Waals surface area (Å²) in [6.45, 7) is 2.38. The van der Waals surface area contributed by atoms with Gasteiger partial charge in [0.2, 0.25) is 5.91 Å². The van der Waals surface area contributed by atoms with Crippen LogP contribution in [0, 0.1) is 17.7 Å². The molecule has 180 valence electrons. The van der Waals surface area contributed by atoms with Crippen molar-refractivity contribution in [2.45, 2.75) is 25.8 Å². The first-order chi connectivity index (χ1) is 17.6. The van der Waals surface area contributed by atoms with Crippen LogP contribution < -0.4 is 0 Å². The zero-order valence-electron chi connectivity index (χ0n) is 20.0. The van der Waals surface area contributed by atoms with E-state index in [1.165, 1.54) is 17.5 Å². The van der Waals surface area contributed by atoms with Crippen molar-refractivity contribution >= 4 is 27.8 Å². The van der Waals surface area contributed by atoms with E-state index >= 15 is 0 Å². The lowest BCUT2D eigenvalue weighted by molar-refractivity contribution is -0.131. The van der Waals surface area contributed by atoms with Crippen molar-refractivity contribution in [1.82, 2.24) is 19.4 Å². The average molecular weight is 479 g/mol. The van der Waals surface area contributed by atoms with Gasteiger partial charge in [0.1, 0.15) is 11.6 Å². The van der Waals surface area contributed by atoms with Gasteiger partial charge in [-0.05, 0) is 66.0 Å². The second kappa shape index (κ2) is 8.33. The minimum absolute atomic E-state index is 0.257. The maximum absolute atomic E-state index is 14.0. The molecule has 1 aliphatic heterocycles. The molecule has 1 saturated heterocycles. The van der Waals surface area contributed by atoms with Gasteiger partial charge in [-0.2, -0.15) is 0 Å². The van der Waals surface area contributed by atoms with Crippen molar-refractivity contribution in [2.24, 2.45) is 11.8 Å². The molecule has 3 heterocycles. The number of nitrogens with zero attached hydrogens (tertiary/aromatic N) is 3. The van der Waals surface area contributed by atoms with Gasteiger partial charge in [-0.1, -0.05) is 36.4 Å². The third-order valence-electron chi connectivity index (χ3n) is 7.71. The minimum Gasteiger partial charge on any atom is -0.361 e. The maximum atomic E-state index is 14.0. The first-order valence-corrected chi connectivity index (χ1v) is 12.7. The molecule has 2 fully saturated rings. The number of imidazole rings is 1. The molecule has 6 heteroatoms. The fraction of sp³-hybridized carbons (Fsp3) is 0.267. The highest BCUT2D eigenvalue weighted by Gasteiger charge is 2.36. The van der Waals surface area contributed by atoms with Gasteiger partial charge in [0.05, 0.1) is 11.0 Å². The lowest BCUT2D eigenvalue weighted by Gasteiger charge is -2.18. The number of fused-ring (bicyclic) bond motifs is 2. The van der Waals surface area contributed by atoms with Gasteiger partial charge in [0.15, 0.2) is 0 Å². The number of nitrogens with one attached hydrogen (secondary N) is 1. The Morgan fingerprint density at radius 2 is 1.75 bits per heavy atom. The van der Waals surface area contributed by atoms with E-state index < -0.39 is 0 Å². The highest BCUT2D eigenvalue weighted by atomic mass is 19.1. The summed E-state index contributed by atoms with van der Waals surface area (Å²) in [5, 5.41) is 1.20. The van der Waals surface area contributed by atoms with Crippen LogP contribution in [0.25, 0.3) is 44.5 Å². The number of halogens is 1. The zero-order chi connectivity index (χ0) is 24.2. The molecule has 1 saturated carbocycles. The summed E-state index contributed by atoms with van der Waals surface area (Å²) in [5.41, 5.74) is 5.99. The molecule has 2 aliphatic rings. The monoisotopic (exact) mass is 478 g/mol. The third kappa shape index (κ3) is 3.77. The first-order valence-electron chi connectivity index (χ1n) is 12.7. The minimum atomic E-state index is -0.282. The highest BCUT2D eigenvalue weighted by molar-refractivity contribution is 5.86. The molecule has 3 aromatic carbocycles. The number of rotatable bonds is 5. The Bertz CT molecular complexity index is 1590. The van der Waals surface area contributed by atoms with Crippen molar-refractivity contribution in [3.63, 3.8) is 0 Å². The summed E-state index contributed by atoms with van der Waals surface area (Å²) in [6.07, 6.45) is 5.02. The van der Waals surface area contributed by atoms with E-state index in [-0.39, 0.29) is 11.7 Å². The molecule has 1 atom stereocenters. The van der Waals surface area contributed by atoms with E-state index in [1.54, 1.807) is 0 Å². The van der Waals surface area contributed by atoms with Crippen molar-refractivity contribution in [3.8, 4) is 22.5 Å². The molecule has 0 radical (unpaired) electrons. The fourth-order valence-electron chi connectivity index (χ4n) is 5.58. The number of likely N-dealkylation sites (tertiary alicyclic amines) is 1. The van der Waals surface area contributed by atoms with Crippen LogP contribution in [0.3, 0.4) is 0 Å². The van der Waals surface area contributed by atoms with Crippen LogP contribution in [-0.2, 0) is 11.3 Å². The number of aromatic nitrogens is 3. The van der Waals surface area contributed by atoms with Crippen LogP contribution >= 0.6 is 0 Å². The van der Waals surface area contributed by atoms with Crippen molar-refractivity contribution < 1.29 is 9.18 Å². The zero-order valence-corrected chi connectivity index (χ0v) is 20.0. The second-order valence-electron chi connectivity index (χ2n) is 10.2. The summed E-state index contributed by atoms with van der Waals surface area (Å²) in [5.74, 6) is 1.50. The summed E-state index contributed by atoms with van der Waals surface area (Å²) in [4.78, 5) is 22.7. The normalized spacial score (nSPS) is 17.9. The van der Waals surface area contributed by atoms with Crippen LogP contribution in [0.15, 0.2) is 72.9 Å². The maximum Gasteiger partial charge on any atom is 0.225 e. The molecule has 5 aromatic rings. The van der Waals surface area contributed by atoms with Crippen LogP contribution in [0.5, 0.6) is 0 Å². The molecule has 1 amide bonds. The van der Waals surface area contributed by atoms with Gasteiger partial charge >= 0.3 is 0 Å². The number of amides is 1. The average Bonchev–Trinajstić information content (AvgIpc) is 3.30. The summed E-state index contributed by atoms with van der Waals surface area (Å²) in [7, 11) is 0. The molecule has 1 N–H and O–H groups in total. The fourth-order valence-corrected chi connectivity index (χ4v) is 5.58. The summed E-state index contributed by atoms with van der Waals surface area (Å²) >= 11 is 0. The predicted octanol–water partition coefficient (Wildman–Crippen LogP) is 6.25. The first kappa shape index (κ1) is 21.4. The van der Waals surface area contributed by atoms with E-state index in [2.05, 4.69) is 58.1 Å². The van der Waals surface area contributed by atoms with Gasteiger partial charge in [-0.3, -0.25) is 4.79 Å². The Labute approximate surface area is 208 Å². The van der Waals surface area contributed by atoms with Crippen molar-refractivity contribution in [2.75, 3.05) is 13.1 Å². The molecule has 7 rings (SSSR count). The number of hydrogen-bond acceptors (Lipinski definition) is 2. The van der Waals surface area contributed by atoms with E-state index in [9.17, 15) is 9.18 Å². The molecule has 5 nitrogen and oxygen atoms in total. The number of carbonyl (C=O) groups is 1. The molecule has 1 aliphatic carbocycles. The molecule has 0 spiro atoms. The third-order valence-corrected chi connectivity index (χ3v) is 7.71. The van der Waals surface area contributed by atoms with E-state index in [0.717, 1.165) is 72.4 Å². The van der Waals surface area contributed by atoms with Crippen LogP contribution in [0.1, 0.15) is 19.3 Å². The van der Waals surface area contributed by atoms with Crippen LogP contribution in [0.4, 0.5) is 4.39 Å². The number of benzene rings is 3. The Morgan fingerprint density at radius 1 is 0.944 bits per heavy atom. The van der Waals surface area contributed by atoms with E-state index in [1.807, 2.05) is 17.2 Å². The summed E-state index contributed by atoms with van der Waals surface area (Å²) < 4.78 is 16.3. The molecular weight excluding hydrogens is 451 g/mol. The highest BCUT2D eigenvalue weighted by Crippen LogP contribution is 2.34. The predicted molar refractivity (Wildman–Crippen MR) is 140 cm³/mol. The summed E-state index contributed by atoms with van der Waals surface area (Å²) in [6, 6.07) is 21.8. The lowest BCUT2D eigenvalue weighted by Crippen LogP contribution is -2.30. The number of aromatic amines is 1. The molecular formula is C30H27FN4O. The second-order valence-corrected chi connectivity index (χ2v) is 10.2. The Balaban J connectivity index is 1.21. The quantitative estimate of drug-likeness (QED) is 0.325. The smallest absolute Gasteiger partial charge is 0.225 e. The Morgan fingerprint density at radius 3 is 2.58 bits per heavy atom. The molecule has 36 heavy (non-hydrogen) atoms. The Hall–Kier alpha value is -3.93. The van der Waals surface area contributed by atoms with Gasteiger partial charge in [0.25, 0.3) is 0 Å². The van der Waals surface area contributed by atoms with Crippen LogP contribution in [-0.4, -0.2) is 38.4 Å².